The second kappa shape index (κ2) is 6.06. The molecule has 0 amide bonds. The molecule has 2 heterocycles. The number of piperazine rings is 1. The summed E-state index contributed by atoms with van der Waals surface area (Å²) >= 11 is 0. The van der Waals surface area contributed by atoms with Crippen LogP contribution in [0.3, 0.4) is 0 Å². The number of fused-ring (bicyclic) bond motifs is 1. The molecule has 5 heteroatoms. The van der Waals surface area contributed by atoms with Crippen LogP contribution in [0, 0.1) is 0 Å². The first-order valence-corrected chi connectivity index (χ1v) is 8.81. The maximum atomic E-state index is 4.77. The lowest BCUT2D eigenvalue weighted by Crippen LogP contribution is -2.43. The quantitative estimate of drug-likeness (QED) is 0.910. The summed E-state index contributed by atoms with van der Waals surface area (Å²) in [6, 6.07) is 8.56. The molecule has 0 atom stereocenters. The molecule has 1 saturated heterocycles. The van der Waals surface area contributed by atoms with E-state index >= 15 is 0 Å². The minimum Gasteiger partial charge on any atom is -0.369 e. The molecule has 1 aliphatic heterocycles. The Bertz CT molecular complexity index is 717. The molecule has 0 bridgehead atoms. The van der Waals surface area contributed by atoms with Crippen LogP contribution in [0.4, 0.5) is 17.3 Å². The molecule has 1 fully saturated rings. The van der Waals surface area contributed by atoms with Crippen molar-refractivity contribution in [1.82, 2.24) is 15.3 Å². The number of anilines is 3. The van der Waals surface area contributed by atoms with E-state index in [-0.39, 0.29) is 5.41 Å². The fourth-order valence-corrected chi connectivity index (χ4v) is 3.61. The van der Waals surface area contributed by atoms with E-state index in [1.165, 1.54) is 16.9 Å². The lowest BCUT2D eigenvalue weighted by Gasteiger charge is -2.29. The molecule has 5 nitrogen and oxygen atoms in total. The van der Waals surface area contributed by atoms with Crippen molar-refractivity contribution in [2.45, 2.75) is 32.1 Å². The van der Waals surface area contributed by atoms with Gasteiger partial charge < -0.3 is 15.5 Å². The van der Waals surface area contributed by atoms with Crippen LogP contribution < -0.4 is 15.5 Å². The highest BCUT2D eigenvalue weighted by atomic mass is 15.2. The van der Waals surface area contributed by atoms with E-state index < -0.39 is 0 Å². The van der Waals surface area contributed by atoms with Gasteiger partial charge >= 0.3 is 0 Å². The molecule has 24 heavy (non-hydrogen) atoms. The number of nitrogens with one attached hydrogen (secondary N) is 2. The number of hydrogen-bond donors (Lipinski definition) is 2. The highest BCUT2D eigenvalue weighted by Gasteiger charge is 2.31. The van der Waals surface area contributed by atoms with Crippen molar-refractivity contribution in [3.8, 4) is 0 Å². The SMILES string of the molecule is CC1(C)CCc2cnc(Nc3ccc(N4CCNCC4)cc3)nc21. The molecule has 0 saturated carbocycles. The van der Waals surface area contributed by atoms with Gasteiger partial charge in [-0.05, 0) is 42.7 Å². The van der Waals surface area contributed by atoms with E-state index in [2.05, 4.69) is 58.6 Å². The highest BCUT2D eigenvalue weighted by molar-refractivity contribution is 5.59. The van der Waals surface area contributed by atoms with Gasteiger partial charge in [0.15, 0.2) is 0 Å². The maximum Gasteiger partial charge on any atom is 0.227 e. The number of hydrogen-bond acceptors (Lipinski definition) is 5. The maximum absolute atomic E-state index is 4.77. The molecule has 0 unspecified atom stereocenters. The van der Waals surface area contributed by atoms with Crippen LogP contribution in [0.15, 0.2) is 30.5 Å². The third kappa shape index (κ3) is 2.96. The van der Waals surface area contributed by atoms with Gasteiger partial charge in [0.2, 0.25) is 5.95 Å². The molecule has 4 rings (SSSR count). The summed E-state index contributed by atoms with van der Waals surface area (Å²) in [5.41, 5.74) is 4.95. The Labute approximate surface area is 143 Å². The predicted octanol–water partition coefficient (Wildman–Crippen LogP) is 2.85. The molecule has 1 aliphatic carbocycles. The molecule has 1 aromatic carbocycles. The third-order valence-corrected chi connectivity index (χ3v) is 5.13. The number of benzene rings is 1. The van der Waals surface area contributed by atoms with Crippen molar-refractivity contribution < 1.29 is 0 Å². The summed E-state index contributed by atoms with van der Waals surface area (Å²) in [7, 11) is 0. The molecule has 2 N–H and O–H groups in total. The molecule has 2 aromatic rings. The van der Waals surface area contributed by atoms with E-state index in [0.717, 1.165) is 44.7 Å². The van der Waals surface area contributed by atoms with Crippen LogP contribution in [0.5, 0.6) is 0 Å². The smallest absolute Gasteiger partial charge is 0.227 e. The first kappa shape index (κ1) is 15.4. The Hall–Kier alpha value is -2.14. The van der Waals surface area contributed by atoms with Crippen LogP contribution >= 0.6 is 0 Å². The zero-order valence-corrected chi connectivity index (χ0v) is 14.5. The molecular formula is C19H25N5. The lowest BCUT2D eigenvalue weighted by molar-refractivity contribution is 0.509. The van der Waals surface area contributed by atoms with E-state index in [1.54, 1.807) is 0 Å². The fraction of sp³-hybridized carbons (Fsp3) is 0.474. The summed E-state index contributed by atoms with van der Waals surface area (Å²) in [6.45, 7) is 8.76. The van der Waals surface area contributed by atoms with Crippen molar-refractivity contribution in [2.24, 2.45) is 0 Å². The van der Waals surface area contributed by atoms with Gasteiger partial charge in [0.25, 0.3) is 0 Å². The minimum atomic E-state index is 0.154. The Morgan fingerprint density at radius 2 is 1.88 bits per heavy atom. The van der Waals surface area contributed by atoms with Crippen LogP contribution in [0.25, 0.3) is 0 Å². The van der Waals surface area contributed by atoms with E-state index in [0.29, 0.717) is 5.95 Å². The minimum absolute atomic E-state index is 0.154. The van der Waals surface area contributed by atoms with E-state index in [1.807, 2.05) is 6.20 Å². The topological polar surface area (TPSA) is 53.1 Å². The van der Waals surface area contributed by atoms with Crippen LogP contribution in [-0.4, -0.2) is 36.1 Å². The number of aryl methyl sites for hydroxylation is 1. The van der Waals surface area contributed by atoms with Crippen LogP contribution in [0.2, 0.25) is 0 Å². The zero-order chi connectivity index (χ0) is 16.6. The van der Waals surface area contributed by atoms with Gasteiger partial charge in [-0.3, -0.25) is 0 Å². The second-order valence-corrected chi connectivity index (χ2v) is 7.36. The summed E-state index contributed by atoms with van der Waals surface area (Å²) in [5.74, 6) is 0.693. The Morgan fingerprint density at radius 1 is 1.12 bits per heavy atom. The Kier molecular flexibility index (Phi) is 3.88. The molecule has 0 spiro atoms. The monoisotopic (exact) mass is 323 g/mol. The van der Waals surface area contributed by atoms with Crippen molar-refractivity contribution in [2.75, 3.05) is 36.4 Å². The Morgan fingerprint density at radius 3 is 2.62 bits per heavy atom. The van der Waals surface area contributed by atoms with Crippen LogP contribution in [0.1, 0.15) is 31.5 Å². The molecule has 0 radical (unpaired) electrons. The van der Waals surface area contributed by atoms with Gasteiger partial charge in [-0.1, -0.05) is 13.8 Å². The van der Waals surface area contributed by atoms with Crippen molar-refractivity contribution in [3.05, 3.63) is 41.7 Å². The van der Waals surface area contributed by atoms with Gasteiger partial charge in [0, 0.05) is 49.2 Å². The van der Waals surface area contributed by atoms with Gasteiger partial charge in [-0.2, -0.15) is 0 Å². The normalized spacial score (nSPS) is 19.2. The highest BCUT2D eigenvalue weighted by Crippen LogP contribution is 2.37. The van der Waals surface area contributed by atoms with Gasteiger partial charge in [-0.25, -0.2) is 9.97 Å². The van der Waals surface area contributed by atoms with Crippen molar-refractivity contribution >= 4 is 17.3 Å². The average molecular weight is 323 g/mol. The van der Waals surface area contributed by atoms with Gasteiger partial charge in [-0.15, -0.1) is 0 Å². The zero-order valence-electron chi connectivity index (χ0n) is 14.5. The van der Waals surface area contributed by atoms with Crippen molar-refractivity contribution in [3.63, 3.8) is 0 Å². The molecule has 126 valence electrons. The van der Waals surface area contributed by atoms with Gasteiger partial charge in [0.05, 0.1) is 5.69 Å². The van der Waals surface area contributed by atoms with Crippen molar-refractivity contribution in [1.29, 1.82) is 0 Å². The lowest BCUT2D eigenvalue weighted by atomic mass is 9.91. The summed E-state index contributed by atoms with van der Waals surface area (Å²) in [5, 5.41) is 6.73. The molecule has 2 aliphatic rings. The number of aromatic nitrogens is 2. The number of rotatable bonds is 3. The number of nitrogens with zero attached hydrogens (tertiary/aromatic N) is 3. The van der Waals surface area contributed by atoms with E-state index in [9.17, 15) is 0 Å². The predicted molar refractivity (Wildman–Crippen MR) is 98.2 cm³/mol. The first-order valence-electron chi connectivity index (χ1n) is 8.81. The largest absolute Gasteiger partial charge is 0.369 e. The average Bonchev–Trinajstić information content (AvgIpc) is 2.91. The summed E-state index contributed by atoms with van der Waals surface area (Å²) < 4.78 is 0. The Balaban J connectivity index is 1.50. The fourth-order valence-electron chi connectivity index (χ4n) is 3.61. The van der Waals surface area contributed by atoms with Gasteiger partial charge in [0.1, 0.15) is 0 Å². The molecule has 1 aromatic heterocycles. The van der Waals surface area contributed by atoms with E-state index in [4.69, 9.17) is 4.98 Å². The molecular weight excluding hydrogens is 298 g/mol. The third-order valence-electron chi connectivity index (χ3n) is 5.13. The second-order valence-electron chi connectivity index (χ2n) is 7.36. The standard InChI is InChI=1S/C19H25N5/c1-19(2)8-7-14-13-21-18(23-17(14)19)22-15-3-5-16(6-4-15)24-11-9-20-10-12-24/h3-6,13,20H,7-12H2,1-2H3,(H,21,22,23). The first-order chi connectivity index (χ1) is 11.6. The van der Waals surface area contributed by atoms with Crippen LogP contribution in [-0.2, 0) is 11.8 Å². The summed E-state index contributed by atoms with van der Waals surface area (Å²) in [6.07, 6.45) is 4.22. The summed E-state index contributed by atoms with van der Waals surface area (Å²) in [4.78, 5) is 11.7.